The van der Waals surface area contributed by atoms with Crippen LogP contribution in [-0.4, -0.2) is 55.2 Å². The van der Waals surface area contributed by atoms with Gasteiger partial charge >= 0.3 is 0 Å². The Morgan fingerprint density at radius 1 is 0.912 bits per heavy atom. The summed E-state index contributed by atoms with van der Waals surface area (Å²) in [6.45, 7) is 0.484. The number of carbonyl (C=O) groups excluding carboxylic acids is 1. The third-order valence-corrected chi connectivity index (χ3v) is 7.01. The molecule has 0 fully saturated rings. The molecule has 0 saturated carbocycles. The summed E-state index contributed by atoms with van der Waals surface area (Å²) < 4.78 is 38.8. The topological polar surface area (TPSA) is 88.2 Å². The molecule has 180 valence electrons. The van der Waals surface area contributed by atoms with Crippen LogP contribution in [0.3, 0.4) is 0 Å². The van der Waals surface area contributed by atoms with Crippen LogP contribution in [0.25, 0.3) is 0 Å². The molecule has 0 aromatic heterocycles. The zero-order valence-corrected chi connectivity index (χ0v) is 20.3. The Hall–Kier alpha value is -3.72. The Balaban J connectivity index is 1.83. The molecule has 8 nitrogen and oxygen atoms in total. The van der Waals surface area contributed by atoms with E-state index in [9.17, 15) is 13.2 Å². The van der Waals surface area contributed by atoms with Crippen LogP contribution in [-0.2, 0) is 14.8 Å². The normalized spacial score (nSPS) is 10.9. The largest absolute Gasteiger partial charge is 0.497 e. The third-order valence-electron chi connectivity index (χ3n) is 5.24. The molecule has 0 aliphatic heterocycles. The highest BCUT2D eigenvalue weighted by atomic mass is 32.2. The van der Waals surface area contributed by atoms with Gasteiger partial charge < -0.3 is 19.7 Å². The van der Waals surface area contributed by atoms with Gasteiger partial charge in [-0.05, 0) is 36.4 Å². The summed E-state index contributed by atoms with van der Waals surface area (Å²) in [5.41, 5.74) is 1.23. The van der Waals surface area contributed by atoms with Crippen molar-refractivity contribution in [1.29, 1.82) is 0 Å². The number of methoxy groups -OCH3 is 2. The summed E-state index contributed by atoms with van der Waals surface area (Å²) in [6, 6.07) is 22.6. The molecule has 0 unspecified atom stereocenters. The molecule has 3 aromatic rings. The molecule has 1 N–H and O–H groups in total. The lowest BCUT2D eigenvalue weighted by Crippen LogP contribution is -2.42. The second kappa shape index (κ2) is 11.4. The summed E-state index contributed by atoms with van der Waals surface area (Å²) in [6.07, 6.45) is 0. The van der Waals surface area contributed by atoms with E-state index in [1.165, 1.54) is 32.4 Å². The maximum atomic E-state index is 13.5. The molecule has 0 aliphatic carbocycles. The van der Waals surface area contributed by atoms with Crippen molar-refractivity contribution in [2.24, 2.45) is 0 Å². The summed E-state index contributed by atoms with van der Waals surface area (Å²) in [5.74, 6) is 0.303. The Morgan fingerprint density at radius 3 is 2.18 bits per heavy atom. The van der Waals surface area contributed by atoms with Gasteiger partial charge in [0.05, 0.1) is 24.8 Å². The predicted octanol–water partition coefficient (Wildman–Crippen LogP) is 3.15. The van der Waals surface area contributed by atoms with Crippen LogP contribution in [0.1, 0.15) is 0 Å². The number of hydrogen-bond donors (Lipinski definition) is 1. The average Bonchev–Trinajstić information content (AvgIpc) is 2.87. The quantitative estimate of drug-likeness (QED) is 0.451. The van der Waals surface area contributed by atoms with E-state index in [0.717, 1.165) is 9.99 Å². The number of hydrogen-bond acceptors (Lipinski definition) is 6. The molecule has 3 rings (SSSR count). The van der Waals surface area contributed by atoms with Crippen LogP contribution >= 0.6 is 0 Å². The highest BCUT2D eigenvalue weighted by Gasteiger charge is 2.29. The van der Waals surface area contributed by atoms with Crippen LogP contribution in [0.15, 0.2) is 83.8 Å². The molecule has 9 heteroatoms. The fourth-order valence-corrected chi connectivity index (χ4v) is 4.82. The Bertz CT molecular complexity index is 1190. The molecule has 0 saturated heterocycles. The summed E-state index contributed by atoms with van der Waals surface area (Å²) >= 11 is 0. The first-order valence-corrected chi connectivity index (χ1v) is 12.1. The minimum Gasteiger partial charge on any atom is -0.497 e. The maximum absolute atomic E-state index is 13.5. The maximum Gasteiger partial charge on any atom is 0.264 e. The van der Waals surface area contributed by atoms with Gasteiger partial charge in [0.1, 0.15) is 18.0 Å². The minimum absolute atomic E-state index is 0.0662. The van der Waals surface area contributed by atoms with E-state index in [1.54, 1.807) is 30.3 Å². The monoisotopic (exact) mass is 483 g/mol. The van der Waals surface area contributed by atoms with Gasteiger partial charge in [0.25, 0.3) is 10.0 Å². The lowest BCUT2D eigenvalue weighted by molar-refractivity contribution is -0.119. The summed E-state index contributed by atoms with van der Waals surface area (Å²) in [5, 5.41) is 2.81. The van der Waals surface area contributed by atoms with Gasteiger partial charge in [-0.1, -0.05) is 36.4 Å². The van der Waals surface area contributed by atoms with Gasteiger partial charge in [-0.2, -0.15) is 0 Å². The van der Waals surface area contributed by atoms with Gasteiger partial charge in [0, 0.05) is 31.9 Å². The molecule has 0 aliphatic rings. The number of ether oxygens (including phenoxy) is 2. The molecule has 3 aromatic carbocycles. The highest BCUT2D eigenvalue weighted by Crippen LogP contribution is 2.35. The van der Waals surface area contributed by atoms with Crippen molar-refractivity contribution < 1.29 is 22.7 Å². The average molecular weight is 484 g/mol. The van der Waals surface area contributed by atoms with Gasteiger partial charge in [-0.3, -0.25) is 9.10 Å². The van der Waals surface area contributed by atoms with E-state index in [0.29, 0.717) is 24.6 Å². The number of likely N-dealkylation sites (N-methyl/N-ethyl adjacent to an activating group) is 1. The molecular formula is C25H29N3O5S. The molecule has 0 spiro atoms. The van der Waals surface area contributed by atoms with Crippen LogP contribution in [0.4, 0.5) is 11.4 Å². The molecular weight excluding hydrogens is 454 g/mol. The van der Waals surface area contributed by atoms with Crippen molar-refractivity contribution in [3.8, 4) is 11.5 Å². The number of sulfonamides is 1. The second-order valence-electron chi connectivity index (χ2n) is 7.47. The number of anilines is 2. The molecule has 34 heavy (non-hydrogen) atoms. The predicted molar refractivity (Wildman–Crippen MR) is 133 cm³/mol. The van der Waals surface area contributed by atoms with Crippen molar-refractivity contribution in [3.05, 3.63) is 78.9 Å². The van der Waals surface area contributed by atoms with E-state index < -0.39 is 22.5 Å². The van der Waals surface area contributed by atoms with E-state index >= 15 is 0 Å². The van der Waals surface area contributed by atoms with Crippen molar-refractivity contribution in [1.82, 2.24) is 5.32 Å². The number of carbonyl (C=O) groups is 1. The van der Waals surface area contributed by atoms with Crippen LogP contribution in [0, 0.1) is 0 Å². The molecule has 0 bridgehead atoms. The SMILES string of the molecule is COc1ccc(OC)c(N(CC(=O)NCCN(C)c2ccccc2)S(=O)(=O)c2ccccc2)c1. The summed E-state index contributed by atoms with van der Waals surface area (Å²) in [7, 11) is 0.787. The number of rotatable bonds is 11. The fourth-order valence-electron chi connectivity index (χ4n) is 3.37. The van der Waals surface area contributed by atoms with Crippen LogP contribution < -0.4 is 24.0 Å². The highest BCUT2D eigenvalue weighted by molar-refractivity contribution is 7.92. The second-order valence-corrected chi connectivity index (χ2v) is 9.33. The lowest BCUT2D eigenvalue weighted by atomic mass is 10.2. The smallest absolute Gasteiger partial charge is 0.264 e. The number of para-hydroxylation sites is 1. The van der Waals surface area contributed by atoms with E-state index in [4.69, 9.17) is 9.47 Å². The van der Waals surface area contributed by atoms with Gasteiger partial charge in [-0.15, -0.1) is 0 Å². The van der Waals surface area contributed by atoms with Crippen molar-refractivity contribution in [2.45, 2.75) is 4.90 Å². The van der Waals surface area contributed by atoms with Crippen molar-refractivity contribution >= 4 is 27.3 Å². The van der Waals surface area contributed by atoms with E-state index in [2.05, 4.69) is 5.32 Å². The minimum atomic E-state index is -4.06. The first-order chi connectivity index (χ1) is 16.4. The molecule has 0 heterocycles. The standard InChI is InChI=1S/C25H29N3O5S/c1-27(20-10-6-4-7-11-20)17-16-26-25(29)19-28(34(30,31)22-12-8-5-9-13-22)23-18-21(32-2)14-15-24(23)33-3/h4-15,18H,16-17,19H2,1-3H3,(H,26,29). The Kier molecular flexibility index (Phi) is 8.37. The summed E-state index contributed by atoms with van der Waals surface area (Å²) in [4.78, 5) is 14.9. The van der Waals surface area contributed by atoms with Crippen molar-refractivity contribution in [2.75, 3.05) is 50.1 Å². The molecule has 0 atom stereocenters. The third kappa shape index (κ3) is 5.99. The first kappa shape index (κ1) is 24.9. The van der Waals surface area contributed by atoms with E-state index in [1.807, 2.05) is 42.3 Å². The zero-order chi connectivity index (χ0) is 24.6. The van der Waals surface area contributed by atoms with Gasteiger partial charge in [0.2, 0.25) is 5.91 Å². The Morgan fingerprint density at radius 2 is 1.56 bits per heavy atom. The van der Waals surface area contributed by atoms with Gasteiger partial charge in [-0.25, -0.2) is 8.42 Å². The first-order valence-electron chi connectivity index (χ1n) is 10.7. The van der Waals surface area contributed by atoms with Crippen LogP contribution in [0.5, 0.6) is 11.5 Å². The molecule has 1 amide bonds. The lowest BCUT2D eigenvalue weighted by Gasteiger charge is -2.26. The Labute approximate surface area is 200 Å². The zero-order valence-electron chi connectivity index (χ0n) is 19.5. The van der Waals surface area contributed by atoms with Crippen molar-refractivity contribution in [3.63, 3.8) is 0 Å². The number of benzene rings is 3. The van der Waals surface area contributed by atoms with E-state index in [-0.39, 0.29) is 10.6 Å². The van der Waals surface area contributed by atoms with Crippen LogP contribution in [0.2, 0.25) is 0 Å². The number of nitrogens with one attached hydrogen (secondary N) is 1. The van der Waals surface area contributed by atoms with Gasteiger partial charge in [0.15, 0.2) is 0 Å². The molecule has 0 radical (unpaired) electrons. The number of amides is 1. The number of nitrogens with zero attached hydrogens (tertiary/aromatic N) is 2. The fraction of sp³-hybridized carbons (Fsp3) is 0.240.